The van der Waals surface area contributed by atoms with Gasteiger partial charge in [-0.05, 0) is 36.4 Å². The zero-order valence-corrected chi connectivity index (χ0v) is 11.6. The van der Waals surface area contributed by atoms with E-state index in [-0.39, 0.29) is 16.7 Å². The minimum absolute atomic E-state index is 0.190. The maximum atomic E-state index is 13.4. The van der Waals surface area contributed by atoms with E-state index in [0.29, 0.717) is 17.2 Å². The summed E-state index contributed by atoms with van der Waals surface area (Å²) in [6.07, 6.45) is 0. The molecule has 0 aliphatic heterocycles. The van der Waals surface area contributed by atoms with Crippen LogP contribution in [0.5, 0.6) is 0 Å². The van der Waals surface area contributed by atoms with E-state index in [1.54, 1.807) is 0 Å². The highest BCUT2D eigenvalue weighted by Gasteiger charge is 2.22. The van der Waals surface area contributed by atoms with E-state index in [9.17, 15) is 18.4 Å². The molecular formula is C15H9ClF2O3. The van der Waals surface area contributed by atoms with Gasteiger partial charge in [0.2, 0.25) is 0 Å². The molecule has 0 saturated carbocycles. The number of hydrogen-bond donors (Lipinski definition) is 0. The van der Waals surface area contributed by atoms with Crippen LogP contribution in [-0.2, 0) is 4.74 Å². The van der Waals surface area contributed by atoms with E-state index >= 15 is 0 Å². The molecule has 6 heteroatoms. The average Bonchev–Trinajstić information content (AvgIpc) is 2.48. The fraction of sp³-hybridized carbons (Fsp3) is 0.0667. The Morgan fingerprint density at radius 1 is 1.00 bits per heavy atom. The second kappa shape index (κ2) is 6.01. The SMILES string of the molecule is COC(=O)c1cc(F)c(F)cc1C(=O)c1ccc(Cl)cc1. The Morgan fingerprint density at radius 2 is 1.52 bits per heavy atom. The van der Waals surface area contributed by atoms with Gasteiger partial charge in [0.25, 0.3) is 0 Å². The zero-order chi connectivity index (χ0) is 15.6. The van der Waals surface area contributed by atoms with Gasteiger partial charge < -0.3 is 4.74 Å². The second-order valence-electron chi connectivity index (χ2n) is 4.14. The molecule has 0 aromatic heterocycles. The van der Waals surface area contributed by atoms with Crippen LogP contribution in [0.3, 0.4) is 0 Å². The standard InChI is InChI=1S/C15H9ClF2O3/c1-21-15(20)11-7-13(18)12(17)6-10(11)14(19)8-2-4-9(16)5-3-8/h2-7H,1H3. The maximum Gasteiger partial charge on any atom is 0.338 e. The van der Waals surface area contributed by atoms with Gasteiger partial charge in [0.15, 0.2) is 17.4 Å². The number of esters is 1. The third kappa shape index (κ3) is 3.08. The highest BCUT2D eigenvalue weighted by atomic mass is 35.5. The summed E-state index contributed by atoms with van der Waals surface area (Å²) in [6.45, 7) is 0. The lowest BCUT2D eigenvalue weighted by atomic mass is 9.98. The summed E-state index contributed by atoms with van der Waals surface area (Å²) in [4.78, 5) is 23.9. The Morgan fingerprint density at radius 3 is 2.05 bits per heavy atom. The lowest BCUT2D eigenvalue weighted by Gasteiger charge is -2.08. The number of halogens is 3. The van der Waals surface area contributed by atoms with Crippen LogP contribution >= 0.6 is 11.6 Å². The van der Waals surface area contributed by atoms with Gasteiger partial charge in [-0.25, -0.2) is 13.6 Å². The minimum atomic E-state index is -1.23. The summed E-state index contributed by atoms with van der Waals surface area (Å²) >= 11 is 5.72. The molecule has 3 nitrogen and oxygen atoms in total. The van der Waals surface area contributed by atoms with E-state index in [4.69, 9.17) is 11.6 Å². The first-order chi connectivity index (χ1) is 9.93. The maximum absolute atomic E-state index is 13.4. The molecule has 2 aromatic carbocycles. The van der Waals surface area contributed by atoms with Crippen molar-refractivity contribution in [1.29, 1.82) is 0 Å². The molecule has 0 atom stereocenters. The first-order valence-electron chi connectivity index (χ1n) is 5.81. The Hall–Kier alpha value is -2.27. The van der Waals surface area contributed by atoms with Gasteiger partial charge in [-0.3, -0.25) is 4.79 Å². The average molecular weight is 311 g/mol. The predicted molar refractivity (Wildman–Crippen MR) is 72.6 cm³/mol. The molecule has 0 amide bonds. The highest BCUT2D eigenvalue weighted by molar-refractivity contribution is 6.30. The first kappa shape index (κ1) is 15.1. The third-order valence-corrected chi connectivity index (χ3v) is 3.07. The fourth-order valence-electron chi connectivity index (χ4n) is 1.77. The van der Waals surface area contributed by atoms with E-state index in [2.05, 4.69) is 4.74 Å². The van der Waals surface area contributed by atoms with Gasteiger partial charge in [0, 0.05) is 16.1 Å². The van der Waals surface area contributed by atoms with E-state index in [1.165, 1.54) is 24.3 Å². The fourth-order valence-corrected chi connectivity index (χ4v) is 1.90. The van der Waals surface area contributed by atoms with Crippen LogP contribution in [0.2, 0.25) is 5.02 Å². The summed E-state index contributed by atoms with van der Waals surface area (Å²) in [5, 5.41) is 0.421. The summed E-state index contributed by atoms with van der Waals surface area (Å²) in [5.74, 6) is -4.01. The van der Waals surface area contributed by atoms with Crippen molar-refractivity contribution in [3.05, 3.63) is 69.7 Å². The molecule has 2 rings (SSSR count). The largest absolute Gasteiger partial charge is 0.465 e. The van der Waals surface area contributed by atoms with Crippen LogP contribution in [0.4, 0.5) is 8.78 Å². The molecule has 0 aliphatic carbocycles. The number of rotatable bonds is 3. The van der Waals surface area contributed by atoms with Crippen LogP contribution in [0, 0.1) is 11.6 Å². The van der Waals surface area contributed by atoms with Crippen LogP contribution in [0.15, 0.2) is 36.4 Å². The monoisotopic (exact) mass is 310 g/mol. The summed E-state index contributed by atoms with van der Waals surface area (Å²) in [7, 11) is 1.08. The molecule has 2 aromatic rings. The minimum Gasteiger partial charge on any atom is -0.465 e. The molecule has 0 bridgehead atoms. The summed E-state index contributed by atoms with van der Waals surface area (Å²) < 4.78 is 31.1. The van der Waals surface area contributed by atoms with Crippen LogP contribution in [-0.4, -0.2) is 18.9 Å². The molecule has 0 spiro atoms. The molecule has 0 aliphatic rings. The molecular weight excluding hydrogens is 302 g/mol. The van der Waals surface area contributed by atoms with Crippen molar-refractivity contribution in [1.82, 2.24) is 0 Å². The Bertz CT molecular complexity index is 712. The third-order valence-electron chi connectivity index (χ3n) is 2.82. The molecule has 0 radical (unpaired) electrons. The highest BCUT2D eigenvalue weighted by Crippen LogP contribution is 2.20. The number of ether oxygens (including phenoxy) is 1. The lowest BCUT2D eigenvalue weighted by Crippen LogP contribution is -2.13. The van der Waals surface area contributed by atoms with Gasteiger partial charge in [-0.2, -0.15) is 0 Å². The van der Waals surface area contributed by atoms with Crippen molar-refractivity contribution >= 4 is 23.4 Å². The van der Waals surface area contributed by atoms with Crippen molar-refractivity contribution in [3.8, 4) is 0 Å². The zero-order valence-electron chi connectivity index (χ0n) is 10.8. The molecule has 0 N–H and O–H groups in total. The second-order valence-corrected chi connectivity index (χ2v) is 4.58. The van der Waals surface area contributed by atoms with Crippen LogP contribution in [0.1, 0.15) is 26.3 Å². The molecule has 21 heavy (non-hydrogen) atoms. The quantitative estimate of drug-likeness (QED) is 0.642. The van der Waals surface area contributed by atoms with E-state index in [0.717, 1.165) is 7.11 Å². The van der Waals surface area contributed by atoms with Crippen molar-refractivity contribution in [3.63, 3.8) is 0 Å². The van der Waals surface area contributed by atoms with Crippen molar-refractivity contribution in [2.75, 3.05) is 7.11 Å². The van der Waals surface area contributed by atoms with Gasteiger partial charge >= 0.3 is 5.97 Å². The summed E-state index contributed by atoms with van der Waals surface area (Å²) in [5.41, 5.74) is -0.421. The number of ketones is 1. The molecule has 108 valence electrons. The van der Waals surface area contributed by atoms with Gasteiger partial charge in [-0.1, -0.05) is 11.6 Å². The van der Waals surface area contributed by atoms with Crippen LogP contribution < -0.4 is 0 Å². The number of carbonyl (C=O) groups excluding carboxylic acids is 2. The van der Waals surface area contributed by atoms with Crippen molar-refractivity contribution in [2.45, 2.75) is 0 Å². The molecule has 0 saturated heterocycles. The first-order valence-corrected chi connectivity index (χ1v) is 6.19. The topological polar surface area (TPSA) is 43.4 Å². The number of methoxy groups -OCH3 is 1. The lowest BCUT2D eigenvalue weighted by molar-refractivity contribution is 0.0597. The van der Waals surface area contributed by atoms with Gasteiger partial charge in [0.05, 0.1) is 12.7 Å². The van der Waals surface area contributed by atoms with E-state index in [1.807, 2.05) is 0 Å². The Labute approximate surface area is 124 Å². The Kier molecular flexibility index (Phi) is 4.33. The number of carbonyl (C=O) groups is 2. The smallest absolute Gasteiger partial charge is 0.338 e. The molecule has 0 unspecified atom stereocenters. The van der Waals surface area contributed by atoms with Crippen molar-refractivity contribution < 1.29 is 23.1 Å². The predicted octanol–water partition coefficient (Wildman–Crippen LogP) is 3.64. The van der Waals surface area contributed by atoms with Crippen molar-refractivity contribution in [2.24, 2.45) is 0 Å². The normalized spacial score (nSPS) is 10.3. The van der Waals surface area contributed by atoms with Crippen LogP contribution in [0.25, 0.3) is 0 Å². The molecule has 0 fully saturated rings. The van der Waals surface area contributed by atoms with Gasteiger partial charge in [0.1, 0.15) is 0 Å². The number of benzene rings is 2. The summed E-state index contributed by atoms with van der Waals surface area (Å²) in [6, 6.07) is 7.13. The number of hydrogen-bond acceptors (Lipinski definition) is 3. The van der Waals surface area contributed by atoms with E-state index < -0.39 is 23.4 Å². The Balaban J connectivity index is 2.56. The molecule has 0 heterocycles. The van der Waals surface area contributed by atoms with Gasteiger partial charge in [-0.15, -0.1) is 0 Å².